The van der Waals surface area contributed by atoms with Crippen LogP contribution in [0.4, 0.5) is 13.2 Å². The Morgan fingerprint density at radius 3 is 2.21 bits per heavy atom. The molecule has 0 radical (unpaired) electrons. The Labute approximate surface area is 110 Å². The molecule has 0 saturated heterocycles. The Kier molecular flexibility index (Phi) is 3.79. The van der Waals surface area contributed by atoms with Crippen molar-refractivity contribution in [1.82, 2.24) is 10.2 Å². The summed E-state index contributed by atoms with van der Waals surface area (Å²) in [7, 11) is 1.32. The molecule has 0 heterocycles. The van der Waals surface area contributed by atoms with Gasteiger partial charge in [0.2, 0.25) is 0 Å². The minimum atomic E-state index is -4.30. The Hall–Kier alpha value is -0.820. The third kappa shape index (κ3) is 3.82. The summed E-state index contributed by atoms with van der Waals surface area (Å²) in [5.74, 6) is -1.09. The molecule has 2 rings (SSSR count). The van der Waals surface area contributed by atoms with E-state index >= 15 is 0 Å². The molecule has 0 aromatic heterocycles. The summed E-state index contributed by atoms with van der Waals surface area (Å²) >= 11 is 0. The fourth-order valence-electron chi connectivity index (χ4n) is 2.55. The van der Waals surface area contributed by atoms with Gasteiger partial charge in [-0.1, -0.05) is 0 Å². The number of carbonyl (C=O) groups is 1. The molecule has 0 bridgehead atoms. The largest absolute Gasteiger partial charge is 0.480 e. The van der Waals surface area contributed by atoms with E-state index in [2.05, 4.69) is 5.32 Å². The van der Waals surface area contributed by atoms with Crippen molar-refractivity contribution in [3.05, 3.63) is 0 Å². The minimum absolute atomic E-state index is 0.0544. The van der Waals surface area contributed by atoms with Crippen molar-refractivity contribution in [2.45, 2.75) is 43.4 Å². The summed E-state index contributed by atoms with van der Waals surface area (Å²) < 4.78 is 37.1. The first-order valence-corrected chi connectivity index (χ1v) is 6.49. The maximum Gasteiger partial charge on any atom is 0.401 e. The van der Waals surface area contributed by atoms with Gasteiger partial charge in [-0.2, -0.15) is 13.2 Å². The topological polar surface area (TPSA) is 52.6 Å². The lowest BCUT2D eigenvalue weighted by molar-refractivity contribution is -0.155. The van der Waals surface area contributed by atoms with Gasteiger partial charge in [0.1, 0.15) is 5.54 Å². The number of likely N-dealkylation sites (N-methyl/N-ethyl adjacent to an activating group) is 1. The molecule has 4 nitrogen and oxygen atoms in total. The molecular weight excluding hydrogens is 261 g/mol. The highest BCUT2D eigenvalue weighted by atomic mass is 19.4. The molecule has 1 atom stereocenters. The number of hydrogen-bond donors (Lipinski definition) is 2. The number of carboxylic acid groups (broad SMARTS) is 1. The molecule has 0 aromatic carbocycles. The molecule has 0 aromatic rings. The van der Waals surface area contributed by atoms with E-state index in [9.17, 15) is 23.1 Å². The molecule has 1 unspecified atom stereocenters. The molecule has 2 N–H and O–H groups in total. The minimum Gasteiger partial charge on any atom is -0.480 e. The summed E-state index contributed by atoms with van der Waals surface area (Å²) in [6.07, 6.45) is -0.949. The number of halogens is 3. The number of alkyl halides is 3. The van der Waals surface area contributed by atoms with Gasteiger partial charge >= 0.3 is 12.1 Å². The second-order valence-electron chi connectivity index (χ2n) is 5.76. The summed E-state index contributed by atoms with van der Waals surface area (Å²) in [6, 6.07) is 0.149. The molecule has 7 heteroatoms. The van der Waals surface area contributed by atoms with Crippen LogP contribution in [0.2, 0.25) is 0 Å². The smallest absolute Gasteiger partial charge is 0.401 e. The van der Waals surface area contributed by atoms with Gasteiger partial charge in [-0.3, -0.25) is 15.0 Å². The number of aliphatic carboxylic acids is 1. The number of hydrogen-bond acceptors (Lipinski definition) is 3. The predicted octanol–water partition coefficient (Wildman–Crippen LogP) is 1.47. The highest BCUT2D eigenvalue weighted by molar-refractivity contribution is 5.80. The van der Waals surface area contributed by atoms with Crippen LogP contribution in [-0.4, -0.2) is 53.9 Å². The van der Waals surface area contributed by atoms with Gasteiger partial charge in [-0.25, -0.2) is 0 Å². The lowest BCUT2D eigenvalue weighted by atomic mass is 9.92. The van der Waals surface area contributed by atoms with E-state index in [0.717, 1.165) is 30.6 Å². The molecule has 0 spiro atoms. The zero-order valence-electron chi connectivity index (χ0n) is 10.8. The summed E-state index contributed by atoms with van der Waals surface area (Å²) in [5.41, 5.74) is -1.22. The zero-order valence-corrected chi connectivity index (χ0v) is 10.8. The van der Waals surface area contributed by atoms with Crippen LogP contribution >= 0.6 is 0 Å². The van der Waals surface area contributed by atoms with Gasteiger partial charge in [0.25, 0.3) is 0 Å². The molecule has 0 amide bonds. The van der Waals surface area contributed by atoms with Gasteiger partial charge in [0.05, 0.1) is 6.54 Å². The van der Waals surface area contributed by atoms with Crippen molar-refractivity contribution in [2.75, 3.05) is 20.1 Å². The summed E-state index contributed by atoms with van der Waals surface area (Å²) in [6.45, 7) is -1.19. The van der Waals surface area contributed by atoms with Crippen LogP contribution < -0.4 is 5.32 Å². The van der Waals surface area contributed by atoms with Crippen molar-refractivity contribution < 1.29 is 23.1 Å². The molecule has 110 valence electrons. The molecule has 2 fully saturated rings. The lowest BCUT2D eigenvalue weighted by Gasteiger charge is -2.35. The predicted molar refractivity (Wildman–Crippen MR) is 62.8 cm³/mol. The first-order valence-electron chi connectivity index (χ1n) is 6.49. The van der Waals surface area contributed by atoms with Gasteiger partial charge in [0.15, 0.2) is 0 Å². The fourth-order valence-corrected chi connectivity index (χ4v) is 2.55. The standard InChI is InChI=1S/C12H19F3N2O2/c1-17(7-12(13,14)15)6-11(10(18)19,8-2-3-8)16-9-4-5-9/h8-9,16H,2-7H2,1H3,(H,18,19). The van der Waals surface area contributed by atoms with E-state index in [-0.39, 0.29) is 18.5 Å². The Morgan fingerprint density at radius 1 is 1.26 bits per heavy atom. The number of nitrogens with one attached hydrogen (secondary N) is 1. The molecule has 2 aliphatic carbocycles. The van der Waals surface area contributed by atoms with Crippen molar-refractivity contribution in [2.24, 2.45) is 5.92 Å². The Morgan fingerprint density at radius 2 is 1.84 bits per heavy atom. The van der Waals surface area contributed by atoms with Gasteiger partial charge in [0, 0.05) is 12.6 Å². The van der Waals surface area contributed by atoms with Crippen LogP contribution in [0.15, 0.2) is 0 Å². The zero-order chi connectivity index (χ0) is 14.3. The van der Waals surface area contributed by atoms with Crippen LogP contribution in [-0.2, 0) is 4.79 Å². The Bertz CT molecular complexity index is 353. The van der Waals surface area contributed by atoms with Crippen molar-refractivity contribution in [1.29, 1.82) is 0 Å². The van der Waals surface area contributed by atoms with E-state index in [1.807, 2.05) is 0 Å². The SMILES string of the molecule is CN(CC(F)(F)F)CC(NC1CC1)(C(=O)O)C1CC1. The third-order valence-corrected chi connectivity index (χ3v) is 3.66. The summed E-state index contributed by atoms with van der Waals surface area (Å²) in [5, 5.41) is 12.6. The molecule has 0 aliphatic heterocycles. The Balaban J connectivity index is 2.05. The van der Waals surface area contributed by atoms with Gasteiger partial charge < -0.3 is 5.11 Å². The van der Waals surface area contributed by atoms with E-state index in [4.69, 9.17) is 0 Å². The van der Waals surface area contributed by atoms with Crippen LogP contribution in [0.5, 0.6) is 0 Å². The second-order valence-corrected chi connectivity index (χ2v) is 5.76. The highest BCUT2D eigenvalue weighted by Gasteiger charge is 2.54. The average molecular weight is 280 g/mol. The lowest BCUT2D eigenvalue weighted by Crippen LogP contribution is -2.61. The van der Waals surface area contributed by atoms with Crippen molar-refractivity contribution in [3.63, 3.8) is 0 Å². The number of rotatable bonds is 7. The fraction of sp³-hybridized carbons (Fsp3) is 0.917. The number of carboxylic acids is 1. The highest BCUT2D eigenvalue weighted by Crippen LogP contribution is 2.42. The average Bonchev–Trinajstić information content (AvgIpc) is 3.08. The van der Waals surface area contributed by atoms with Crippen molar-refractivity contribution in [3.8, 4) is 0 Å². The maximum absolute atomic E-state index is 12.4. The molecule has 2 aliphatic rings. The molecular formula is C12H19F3N2O2. The summed E-state index contributed by atoms with van der Waals surface area (Å²) in [4.78, 5) is 12.7. The van der Waals surface area contributed by atoms with Crippen LogP contribution in [0.25, 0.3) is 0 Å². The monoisotopic (exact) mass is 280 g/mol. The van der Waals surface area contributed by atoms with E-state index < -0.39 is 24.2 Å². The van der Waals surface area contributed by atoms with Crippen molar-refractivity contribution >= 4 is 5.97 Å². The molecule has 19 heavy (non-hydrogen) atoms. The van der Waals surface area contributed by atoms with Crippen LogP contribution in [0.1, 0.15) is 25.7 Å². The van der Waals surface area contributed by atoms with Crippen LogP contribution in [0, 0.1) is 5.92 Å². The first-order chi connectivity index (χ1) is 8.73. The second kappa shape index (κ2) is 4.94. The quantitative estimate of drug-likeness (QED) is 0.741. The van der Waals surface area contributed by atoms with Crippen LogP contribution in [0.3, 0.4) is 0 Å². The normalized spacial score (nSPS) is 23.4. The molecule has 2 saturated carbocycles. The third-order valence-electron chi connectivity index (χ3n) is 3.66. The van der Waals surface area contributed by atoms with Gasteiger partial charge in [-0.15, -0.1) is 0 Å². The van der Waals surface area contributed by atoms with Gasteiger partial charge in [-0.05, 0) is 38.6 Å². The number of nitrogens with zero attached hydrogens (tertiary/aromatic N) is 1. The van der Waals surface area contributed by atoms with E-state index in [1.54, 1.807) is 0 Å². The van der Waals surface area contributed by atoms with E-state index in [0.29, 0.717) is 0 Å². The first kappa shape index (κ1) is 14.6. The van der Waals surface area contributed by atoms with E-state index in [1.165, 1.54) is 7.05 Å². The maximum atomic E-state index is 12.4.